The predicted molar refractivity (Wildman–Crippen MR) is 121 cm³/mol. The SMILES string of the molecule is COCCn1c(C(C)N(C)C(=O)Nc2ccc(SC)cc2)nc2ccccc2c1=O. The van der Waals surface area contributed by atoms with Gasteiger partial charge in [0.05, 0.1) is 30.1 Å². The number of anilines is 1. The standard InChI is InChI=1S/C22H26N4O3S/c1-15(25(2)22(28)23-16-9-11-17(30-4)12-10-16)20-24-19-8-6-5-7-18(19)21(27)26(20)13-14-29-3/h5-12,15H,13-14H2,1-4H3,(H,23,28). The second-order valence-corrected chi connectivity index (χ2v) is 7.76. The highest BCUT2D eigenvalue weighted by atomic mass is 32.2. The average molecular weight is 427 g/mol. The number of aromatic nitrogens is 2. The Bertz CT molecular complexity index is 1080. The molecule has 0 bridgehead atoms. The maximum absolute atomic E-state index is 13.0. The molecule has 8 heteroatoms. The Morgan fingerprint density at radius 1 is 1.23 bits per heavy atom. The summed E-state index contributed by atoms with van der Waals surface area (Å²) < 4.78 is 6.76. The van der Waals surface area contributed by atoms with Crippen molar-refractivity contribution in [3.63, 3.8) is 0 Å². The number of thioether (sulfide) groups is 1. The van der Waals surface area contributed by atoms with Crippen molar-refractivity contribution in [2.24, 2.45) is 0 Å². The van der Waals surface area contributed by atoms with Gasteiger partial charge in [-0.1, -0.05) is 12.1 Å². The van der Waals surface area contributed by atoms with Crippen LogP contribution in [0.1, 0.15) is 18.8 Å². The number of ether oxygens (including phenoxy) is 1. The molecule has 3 rings (SSSR count). The first kappa shape index (κ1) is 21.9. The first-order valence-electron chi connectivity index (χ1n) is 9.62. The van der Waals surface area contributed by atoms with Gasteiger partial charge in [0, 0.05) is 24.7 Å². The fourth-order valence-corrected chi connectivity index (χ4v) is 3.55. The van der Waals surface area contributed by atoms with Gasteiger partial charge in [-0.2, -0.15) is 0 Å². The van der Waals surface area contributed by atoms with Crippen molar-refractivity contribution < 1.29 is 9.53 Å². The lowest BCUT2D eigenvalue weighted by Crippen LogP contribution is -2.38. The van der Waals surface area contributed by atoms with Gasteiger partial charge < -0.3 is 15.0 Å². The van der Waals surface area contributed by atoms with Crippen molar-refractivity contribution in [2.45, 2.75) is 24.4 Å². The first-order valence-corrected chi connectivity index (χ1v) is 10.8. The van der Waals surface area contributed by atoms with Gasteiger partial charge in [-0.3, -0.25) is 9.36 Å². The Morgan fingerprint density at radius 3 is 2.60 bits per heavy atom. The van der Waals surface area contributed by atoms with Crippen LogP contribution < -0.4 is 10.9 Å². The summed E-state index contributed by atoms with van der Waals surface area (Å²) >= 11 is 1.64. The van der Waals surface area contributed by atoms with Crippen LogP contribution in [0.4, 0.5) is 10.5 Å². The lowest BCUT2D eigenvalue weighted by molar-refractivity contribution is 0.180. The number of hydrogen-bond acceptors (Lipinski definition) is 5. The second-order valence-electron chi connectivity index (χ2n) is 6.88. The van der Waals surface area contributed by atoms with Crippen LogP contribution in [0, 0.1) is 0 Å². The van der Waals surface area contributed by atoms with Crippen molar-refractivity contribution in [1.29, 1.82) is 0 Å². The molecule has 7 nitrogen and oxygen atoms in total. The molecule has 0 aliphatic heterocycles. The minimum absolute atomic E-state index is 0.138. The molecule has 1 unspecified atom stereocenters. The molecular weight excluding hydrogens is 400 g/mol. The Balaban J connectivity index is 1.90. The topological polar surface area (TPSA) is 76.5 Å². The number of amides is 2. The normalized spacial score (nSPS) is 12.0. The number of nitrogens with zero attached hydrogens (tertiary/aromatic N) is 3. The van der Waals surface area contributed by atoms with Gasteiger partial charge in [0.2, 0.25) is 0 Å². The third-order valence-corrected chi connectivity index (χ3v) is 5.77. The maximum atomic E-state index is 13.0. The summed E-state index contributed by atoms with van der Waals surface area (Å²) in [4.78, 5) is 33.2. The minimum atomic E-state index is -0.426. The number of para-hydroxylation sites is 1. The number of hydrogen-bond donors (Lipinski definition) is 1. The van der Waals surface area contributed by atoms with Crippen molar-refractivity contribution in [3.05, 3.63) is 64.7 Å². The molecule has 1 atom stereocenters. The van der Waals surface area contributed by atoms with Crippen LogP contribution >= 0.6 is 11.8 Å². The Morgan fingerprint density at radius 2 is 1.93 bits per heavy atom. The maximum Gasteiger partial charge on any atom is 0.322 e. The molecule has 1 N–H and O–H groups in total. The summed E-state index contributed by atoms with van der Waals surface area (Å²) in [5.41, 5.74) is 1.18. The van der Waals surface area contributed by atoms with E-state index < -0.39 is 6.04 Å². The molecule has 0 radical (unpaired) electrons. The van der Waals surface area contributed by atoms with Crippen LogP contribution in [0.25, 0.3) is 10.9 Å². The molecule has 0 spiro atoms. The molecule has 1 heterocycles. The first-order chi connectivity index (χ1) is 14.5. The van der Waals surface area contributed by atoms with Crippen LogP contribution in [0.2, 0.25) is 0 Å². The van der Waals surface area contributed by atoms with Gasteiger partial charge in [0.1, 0.15) is 5.82 Å². The van der Waals surface area contributed by atoms with Gasteiger partial charge in [0.15, 0.2) is 0 Å². The van der Waals surface area contributed by atoms with E-state index in [9.17, 15) is 9.59 Å². The number of nitrogens with one attached hydrogen (secondary N) is 1. The highest BCUT2D eigenvalue weighted by molar-refractivity contribution is 7.98. The zero-order valence-corrected chi connectivity index (χ0v) is 18.4. The number of benzene rings is 2. The van der Waals surface area contributed by atoms with E-state index >= 15 is 0 Å². The van der Waals surface area contributed by atoms with E-state index in [4.69, 9.17) is 9.72 Å². The van der Waals surface area contributed by atoms with Crippen LogP contribution in [0.5, 0.6) is 0 Å². The summed E-state index contributed by atoms with van der Waals surface area (Å²) in [6, 6.07) is 14.2. The van der Waals surface area contributed by atoms with E-state index in [0.717, 1.165) is 4.90 Å². The van der Waals surface area contributed by atoms with Gasteiger partial charge >= 0.3 is 6.03 Å². The third-order valence-electron chi connectivity index (χ3n) is 5.03. The number of rotatable bonds is 7. The van der Waals surface area contributed by atoms with E-state index in [-0.39, 0.29) is 11.6 Å². The summed E-state index contributed by atoms with van der Waals surface area (Å²) in [7, 11) is 3.28. The average Bonchev–Trinajstić information content (AvgIpc) is 2.77. The highest BCUT2D eigenvalue weighted by Gasteiger charge is 2.23. The zero-order chi connectivity index (χ0) is 21.7. The van der Waals surface area contributed by atoms with Crippen molar-refractivity contribution in [1.82, 2.24) is 14.5 Å². The van der Waals surface area contributed by atoms with Crippen LogP contribution in [0.3, 0.4) is 0 Å². The van der Waals surface area contributed by atoms with E-state index in [1.807, 2.05) is 49.6 Å². The molecule has 0 saturated carbocycles. The number of fused-ring (bicyclic) bond motifs is 1. The van der Waals surface area contributed by atoms with E-state index in [1.54, 1.807) is 47.5 Å². The summed E-state index contributed by atoms with van der Waals surface area (Å²) in [6.07, 6.45) is 2.00. The smallest absolute Gasteiger partial charge is 0.322 e. The van der Waals surface area contributed by atoms with Gasteiger partial charge in [-0.05, 0) is 49.6 Å². The Hall–Kier alpha value is -2.84. The zero-order valence-electron chi connectivity index (χ0n) is 17.6. The lowest BCUT2D eigenvalue weighted by atomic mass is 10.2. The number of carbonyl (C=O) groups is 1. The summed E-state index contributed by atoms with van der Waals surface area (Å²) in [5.74, 6) is 0.520. The van der Waals surface area contributed by atoms with E-state index in [2.05, 4.69) is 5.32 Å². The lowest BCUT2D eigenvalue weighted by Gasteiger charge is -2.27. The van der Waals surface area contributed by atoms with Crippen molar-refractivity contribution >= 4 is 34.4 Å². The summed E-state index contributed by atoms with van der Waals surface area (Å²) in [6.45, 7) is 2.59. The fourth-order valence-electron chi connectivity index (χ4n) is 3.14. The highest BCUT2D eigenvalue weighted by Crippen LogP contribution is 2.21. The third kappa shape index (κ3) is 4.66. The quantitative estimate of drug-likeness (QED) is 0.578. The van der Waals surface area contributed by atoms with E-state index in [0.29, 0.717) is 35.6 Å². The van der Waals surface area contributed by atoms with E-state index in [1.165, 1.54) is 0 Å². The molecule has 2 amide bonds. The van der Waals surface area contributed by atoms with Gasteiger partial charge in [-0.15, -0.1) is 11.8 Å². The molecule has 0 aliphatic rings. The van der Waals surface area contributed by atoms with Crippen LogP contribution in [-0.4, -0.2) is 47.5 Å². The van der Waals surface area contributed by atoms with Crippen LogP contribution in [0.15, 0.2) is 58.2 Å². The number of carbonyl (C=O) groups excluding carboxylic acids is 1. The molecule has 1 aromatic heterocycles. The van der Waals surface area contributed by atoms with Crippen molar-refractivity contribution in [2.75, 3.05) is 32.3 Å². The molecular formula is C22H26N4O3S. The molecule has 158 valence electrons. The van der Waals surface area contributed by atoms with Crippen LogP contribution in [-0.2, 0) is 11.3 Å². The van der Waals surface area contributed by atoms with Gasteiger partial charge in [-0.25, -0.2) is 9.78 Å². The second kappa shape index (κ2) is 9.77. The molecule has 2 aromatic carbocycles. The number of urea groups is 1. The Kier molecular flexibility index (Phi) is 7.12. The largest absolute Gasteiger partial charge is 0.383 e. The van der Waals surface area contributed by atoms with Gasteiger partial charge in [0.25, 0.3) is 5.56 Å². The minimum Gasteiger partial charge on any atom is -0.383 e. The molecule has 0 aliphatic carbocycles. The molecule has 0 saturated heterocycles. The fraction of sp³-hybridized carbons (Fsp3) is 0.318. The predicted octanol–water partition coefficient (Wildman–Crippen LogP) is 3.99. The molecule has 30 heavy (non-hydrogen) atoms. The molecule has 0 fully saturated rings. The summed E-state index contributed by atoms with van der Waals surface area (Å²) in [5, 5.41) is 3.44. The monoisotopic (exact) mass is 426 g/mol. The Labute approximate surface area is 180 Å². The van der Waals surface area contributed by atoms with Crippen molar-refractivity contribution in [3.8, 4) is 0 Å². The number of methoxy groups -OCH3 is 1. The molecule has 3 aromatic rings.